The van der Waals surface area contributed by atoms with Crippen molar-refractivity contribution in [1.82, 2.24) is 0 Å². The van der Waals surface area contributed by atoms with Gasteiger partial charge in [-0.25, -0.2) is 0 Å². The van der Waals surface area contributed by atoms with Gasteiger partial charge in [0, 0.05) is 11.1 Å². The van der Waals surface area contributed by atoms with E-state index in [2.05, 4.69) is 0 Å². The summed E-state index contributed by atoms with van der Waals surface area (Å²) in [6.45, 7) is 3.96. The van der Waals surface area contributed by atoms with Gasteiger partial charge < -0.3 is 4.74 Å². The number of hydrogen-bond acceptors (Lipinski definition) is 2. The molecule has 0 unspecified atom stereocenters. The third-order valence-electron chi connectivity index (χ3n) is 2.90. The zero-order chi connectivity index (χ0) is 14.0. The van der Waals surface area contributed by atoms with Gasteiger partial charge in [0.2, 0.25) is 0 Å². The van der Waals surface area contributed by atoms with Gasteiger partial charge in [0.05, 0.1) is 12.1 Å². The molecule has 19 heavy (non-hydrogen) atoms. The van der Waals surface area contributed by atoms with Gasteiger partial charge in [-0.1, -0.05) is 28.8 Å². The molecule has 0 saturated heterocycles. The number of aryl methyl sites for hydroxylation is 2. The Bertz CT molecular complexity index is 612. The molecule has 0 aliphatic carbocycles. The van der Waals surface area contributed by atoms with Gasteiger partial charge in [0.1, 0.15) is 5.75 Å². The molecule has 0 spiro atoms. The number of methoxy groups -OCH3 is 1. The lowest BCUT2D eigenvalue weighted by molar-refractivity contribution is 0.103. The summed E-state index contributed by atoms with van der Waals surface area (Å²) < 4.78 is 5.13. The van der Waals surface area contributed by atoms with Crippen molar-refractivity contribution in [3.05, 3.63) is 63.7 Å². The van der Waals surface area contributed by atoms with Gasteiger partial charge in [-0.2, -0.15) is 0 Å². The molecule has 3 heteroatoms. The van der Waals surface area contributed by atoms with Crippen LogP contribution in [-0.4, -0.2) is 12.9 Å². The highest BCUT2D eigenvalue weighted by Gasteiger charge is 2.12. The number of hydrogen-bond donors (Lipinski definition) is 0. The van der Waals surface area contributed by atoms with Crippen LogP contribution in [0.2, 0.25) is 5.02 Å². The maximum atomic E-state index is 12.4. The first-order valence-electron chi connectivity index (χ1n) is 5.98. The molecule has 0 radical (unpaired) electrons. The summed E-state index contributed by atoms with van der Waals surface area (Å²) in [5, 5.41) is 0.500. The zero-order valence-electron chi connectivity index (χ0n) is 11.2. The molecule has 2 rings (SSSR count). The molecule has 2 aromatic rings. The Hall–Kier alpha value is -1.80. The van der Waals surface area contributed by atoms with E-state index in [-0.39, 0.29) is 5.78 Å². The molecule has 0 bridgehead atoms. The number of halogens is 1. The van der Waals surface area contributed by atoms with Crippen molar-refractivity contribution in [3.63, 3.8) is 0 Å². The van der Waals surface area contributed by atoms with E-state index in [9.17, 15) is 4.79 Å². The predicted molar refractivity (Wildman–Crippen MR) is 77.4 cm³/mol. The fourth-order valence-electron chi connectivity index (χ4n) is 2.07. The van der Waals surface area contributed by atoms with Gasteiger partial charge in [0.25, 0.3) is 0 Å². The standard InChI is InChI=1S/C16H15ClO2/c1-10-6-11(2)8-13(7-10)16(18)12-4-5-14(17)15(9-12)19-3/h4-9H,1-3H3. The van der Waals surface area contributed by atoms with Gasteiger partial charge >= 0.3 is 0 Å². The van der Waals surface area contributed by atoms with Crippen molar-refractivity contribution in [2.24, 2.45) is 0 Å². The van der Waals surface area contributed by atoms with Crippen LogP contribution in [0.4, 0.5) is 0 Å². The van der Waals surface area contributed by atoms with Gasteiger partial charge in [-0.3, -0.25) is 4.79 Å². The first-order chi connectivity index (χ1) is 9.01. The molecule has 2 nitrogen and oxygen atoms in total. The normalized spacial score (nSPS) is 10.3. The Morgan fingerprint density at radius 3 is 2.21 bits per heavy atom. The van der Waals surface area contributed by atoms with Crippen LogP contribution < -0.4 is 4.74 Å². The third-order valence-corrected chi connectivity index (χ3v) is 3.21. The van der Waals surface area contributed by atoms with Crippen LogP contribution in [0.5, 0.6) is 5.75 Å². The van der Waals surface area contributed by atoms with Crippen LogP contribution in [0.25, 0.3) is 0 Å². The second kappa shape index (κ2) is 5.45. The van der Waals surface area contributed by atoms with E-state index in [0.29, 0.717) is 21.9 Å². The minimum Gasteiger partial charge on any atom is -0.495 e. The van der Waals surface area contributed by atoms with E-state index in [1.165, 1.54) is 7.11 Å². The minimum atomic E-state index is -0.0261. The largest absolute Gasteiger partial charge is 0.495 e. The molecule has 0 N–H and O–H groups in total. The van der Waals surface area contributed by atoms with Crippen LogP contribution in [-0.2, 0) is 0 Å². The molecule has 0 aliphatic heterocycles. The van der Waals surface area contributed by atoms with Gasteiger partial charge in [0.15, 0.2) is 5.78 Å². The monoisotopic (exact) mass is 274 g/mol. The average Bonchev–Trinajstić information content (AvgIpc) is 2.37. The molecular weight excluding hydrogens is 260 g/mol. The van der Waals surface area contributed by atoms with Crippen LogP contribution in [0, 0.1) is 13.8 Å². The molecular formula is C16H15ClO2. The van der Waals surface area contributed by atoms with Crippen molar-refractivity contribution in [1.29, 1.82) is 0 Å². The predicted octanol–water partition coefficient (Wildman–Crippen LogP) is 4.20. The molecule has 0 heterocycles. The molecule has 0 amide bonds. The summed E-state index contributed by atoms with van der Waals surface area (Å²) in [6.07, 6.45) is 0. The first-order valence-corrected chi connectivity index (χ1v) is 6.35. The number of ether oxygens (including phenoxy) is 1. The second-order valence-electron chi connectivity index (χ2n) is 4.55. The van der Waals surface area contributed by atoms with Crippen molar-refractivity contribution >= 4 is 17.4 Å². The molecule has 0 aliphatic rings. The Morgan fingerprint density at radius 1 is 1.00 bits per heavy atom. The highest BCUT2D eigenvalue weighted by atomic mass is 35.5. The lowest BCUT2D eigenvalue weighted by Crippen LogP contribution is -2.02. The number of rotatable bonds is 3. The van der Waals surface area contributed by atoms with Gasteiger partial charge in [-0.05, 0) is 44.2 Å². The lowest BCUT2D eigenvalue weighted by Gasteiger charge is -2.07. The molecule has 98 valence electrons. The fourth-order valence-corrected chi connectivity index (χ4v) is 2.27. The maximum absolute atomic E-state index is 12.4. The summed E-state index contributed by atoms with van der Waals surface area (Å²) in [4.78, 5) is 12.4. The number of benzene rings is 2. The van der Waals surface area contributed by atoms with Crippen LogP contribution >= 0.6 is 11.6 Å². The van der Waals surface area contributed by atoms with E-state index in [4.69, 9.17) is 16.3 Å². The second-order valence-corrected chi connectivity index (χ2v) is 4.96. The summed E-state index contributed by atoms with van der Waals surface area (Å²) >= 11 is 5.96. The third kappa shape index (κ3) is 2.96. The Labute approximate surface area is 118 Å². The lowest BCUT2D eigenvalue weighted by atomic mass is 9.99. The zero-order valence-corrected chi connectivity index (χ0v) is 11.9. The molecule has 0 aromatic heterocycles. The van der Waals surface area contributed by atoms with Gasteiger partial charge in [-0.15, -0.1) is 0 Å². The Balaban J connectivity index is 2.43. The highest BCUT2D eigenvalue weighted by molar-refractivity contribution is 6.32. The maximum Gasteiger partial charge on any atom is 0.193 e. The Kier molecular flexibility index (Phi) is 3.91. The number of carbonyl (C=O) groups excluding carboxylic acids is 1. The molecule has 0 fully saturated rings. The quantitative estimate of drug-likeness (QED) is 0.784. The number of ketones is 1. The molecule has 0 atom stereocenters. The minimum absolute atomic E-state index is 0.0261. The topological polar surface area (TPSA) is 26.3 Å². The number of carbonyl (C=O) groups is 1. The van der Waals surface area contributed by atoms with E-state index in [1.54, 1.807) is 18.2 Å². The SMILES string of the molecule is COc1cc(C(=O)c2cc(C)cc(C)c2)ccc1Cl. The smallest absolute Gasteiger partial charge is 0.193 e. The van der Waals surface area contributed by atoms with Crippen LogP contribution in [0.3, 0.4) is 0 Å². The van der Waals surface area contributed by atoms with E-state index < -0.39 is 0 Å². The summed E-state index contributed by atoms with van der Waals surface area (Å²) in [5.74, 6) is 0.485. The van der Waals surface area contributed by atoms with E-state index in [1.807, 2.05) is 32.0 Å². The van der Waals surface area contributed by atoms with Crippen molar-refractivity contribution in [2.75, 3.05) is 7.11 Å². The van der Waals surface area contributed by atoms with Crippen molar-refractivity contribution in [2.45, 2.75) is 13.8 Å². The summed E-state index contributed by atoms with van der Waals surface area (Å²) in [6, 6.07) is 10.9. The highest BCUT2D eigenvalue weighted by Crippen LogP contribution is 2.26. The fraction of sp³-hybridized carbons (Fsp3) is 0.188. The molecule has 0 saturated carbocycles. The molecule has 2 aromatic carbocycles. The summed E-state index contributed by atoms with van der Waals surface area (Å²) in [7, 11) is 1.53. The van der Waals surface area contributed by atoms with E-state index in [0.717, 1.165) is 11.1 Å². The van der Waals surface area contributed by atoms with Crippen LogP contribution in [0.1, 0.15) is 27.0 Å². The van der Waals surface area contributed by atoms with E-state index >= 15 is 0 Å². The summed E-state index contributed by atoms with van der Waals surface area (Å²) in [5.41, 5.74) is 3.40. The van der Waals surface area contributed by atoms with Crippen molar-refractivity contribution in [3.8, 4) is 5.75 Å². The van der Waals surface area contributed by atoms with Crippen molar-refractivity contribution < 1.29 is 9.53 Å². The van der Waals surface area contributed by atoms with Crippen LogP contribution in [0.15, 0.2) is 36.4 Å². The Morgan fingerprint density at radius 2 is 1.63 bits per heavy atom. The average molecular weight is 275 g/mol. The first kappa shape index (κ1) is 13.6.